The van der Waals surface area contributed by atoms with Gasteiger partial charge in [-0.25, -0.2) is 0 Å². The van der Waals surface area contributed by atoms with E-state index in [0.29, 0.717) is 0 Å². The van der Waals surface area contributed by atoms with Gasteiger partial charge in [0.2, 0.25) is 0 Å². The largest absolute Gasteiger partial charge is 0.389 e. The zero-order chi connectivity index (χ0) is 9.84. The van der Waals surface area contributed by atoms with Gasteiger partial charge in [0.05, 0.1) is 18.0 Å². The third kappa shape index (κ3) is 2.35. The zero-order valence-corrected chi connectivity index (χ0v) is 6.84. The summed E-state index contributed by atoms with van der Waals surface area (Å²) in [4.78, 5) is 16.6. The maximum atomic E-state index is 10.6. The molecule has 1 aromatic rings. The van der Waals surface area contributed by atoms with Gasteiger partial charge in [-0.05, 0) is 0 Å². The maximum Gasteiger partial charge on any atom is 0.266 e. The molecule has 6 heteroatoms. The van der Waals surface area contributed by atoms with E-state index < -0.39 is 12.2 Å². The van der Waals surface area contributed by atoms with Crippen LogP contribution in [0.1, 0.15) is 11.8 Å². The Morgan fingerprint density at radius 3 is 2.77 bits per heavy atom. The number of nitrogens with zero attached hydrogens (tertiary/aromatic N) is 1. The lowest BCUT2D eigenvalue weighted by Gasteiger charge is -2.14. The van der Waals surface area contributed by atoms with Gasteiger partial charge < -0.3 is 20.9 Å². The molecule has 6 nitrogen and oxygen atoms in total. The molecule has 0 fully saturated rings. The number of nitrogens with one attached hydrogen (secondary N) is 1. The predicted molar refractivity (Wildman–Crippen MR) is 44.9 cm³/mol. The summed E-state index contributed by atoms with van der Waals surface area (Å²) in [5.74, 6) is 0. The van der Waals surface area contributed by atoms with E-state index >= 15 is 0 Å². The number of aromatic amines is 1. The molecule has 2 atom stereocenters. The number of nitrogens with two attached hydrogens (primary N) is 1. The van der Waals surface area contributed by atoms with Crippen LogP contribution in [0.15, 0.2) is 17.2 Å². The van der Waals surface area contributed by atoms with Crippen molar-refractivity contribution in [2.75, 3.05) is 6.54 Å². The lowest BCUT2D eigenvalue weighted by Crippen LogP contribution is -2.28. The first-order valence-electron chi connectivity index (χ1n) is 3.76. The number of H-pyrrole nitrogens is 1. The van der Waals surface area contributed by atoms with Gasteiger partial charge in [-0.3, -0.25) is 9.78 Å². The molecule has 0 saturated heterocycles. The van der Waals surface area contributed by atoms with Crippen molar-refractivity contribution in [2.45, 2.75) is 12.2 Å². The van der Waals surface area contributed by atoms with Crippen LogP contribution in [0.4, 0.5) is 0 Å². The lowest BCUT2D eigenvalue weighted by molar-refractivity contribution is 0.0214. The molecule has 0 aromatic carbocycles. The smallest absolute Gasteiger partial charge is 0.266 e. The number of aromatic nitrogens is 2. The Labute approximate surface area is 74.1 Å². The number of rotatable bonds is 3. The predicted octanol–water partition coefficient (Wildman–Crippen LogP) is -1.88. The standard InChI is InChI=1S/C7H11N3O3/c8-1-5(11)7(13)4-2-10-6(12)3-9-4/h2-3,5,7,11,13H,1,8H2,(H,10,12). The Morgan fingerprint density at radius 1 is 1.62 bits per heavy atom. The summed E-state index contributed by atoms with van der Waals surface area (Å²) in [6.07, 6.45) is 0.0356. The summed E-state index contributed by atoms with van der Waals surface area (Å²) in [6.45, 7) is -0.0675. The van der Waals surface area contributed by atoms with Crippen molar-refractivity contribution in [2.24, 2.45) is 5.73 Å². The highest BCUT2D eigenvalue weighted by Crippen LogP contribution is 2.10. The molecule has 0 aliphatic rings. The minimum absolute atomic E-state index is 0.0675. The van der Waals surface area contributed by atoms with Crippen molar-refractivity contribution in [1.29, 1.82) is 0 Å². The van der Waals surface area contributed by atoms with E-state index in [2.05, 4.69) is 9.97 Å². The zero-order valence-electron chi connectivity index (χ0n) is 6.84. The SMILES string of the molecule is NCC(O)C(O)c1c[nH]c(=O)cn1. The molecule has 5 N–H and O–H groups in total. The van der Waals surface area contributed by atoms with Gasteiger partial charge in [0.25, 0.3) is 5.56 Å². The van der Waals surface area contributed by atoms with Crippen LogP contribution in [0.25, 0.3) is 0 Å². The van der Waals surface area contributed by atoms with E-state index in [1.54, 1.807) is 0 Å². The van der Waals surface area contributed by atoms with E-state index in [4.69, 9.17) is 10.8 Å². The van der Waals surface area contributed by atoms with E-state index in [1.807, 2.05) is 0 Å². The number of aliphatic hydroxyl groups is 2. The minimum atomic E-state index is -1.16. The summed E-state index contributed by atoms with van der Waals surface area (Å²) in [5.41, 5.74) is 4.96. The highest BCUT2D eigenvalue weighted by atomic mass is 16.3. The third-order valence-corrected chi connectivity index (χ3v) is 1.60. The van der Waals surface area contributed by atoms with Gasteiger partial charge in [-0.15, -0.1) is 0 Å². The summed E-state index contributed by atoms with van der Waals surface area (Å²) < 4.78 is 0. The Kier molecular flexibility index (Phi) is 3.13. The number of aliphatic hydroxyl groups excluding tert-OH is 2. The molecular formula is C7H11N3O3. The first kappa shape index (κ1) is 9.85. The van der Waals surface area contributed by atoms with E-state index in [0.717, 1.165) is 6.20 Å². The molecule has 13 heavy (non-hydrogen) atoms. The molecule has 0 bridgehead atoms. The molecule has 2 unspecified atom stereocenters. The van der Waals surface area contributed by atoms with Crippen molar-refractivity contribution in [1.82, 2.24) is 9.97 Å². The molecular weight excluding hydrogens is 174 g/mol. The second-order valence-electron chi connectivity index (χ2n) is 2.58. The van der Waals surface area contributed by atoms with Gasteiger partial charge in [0.15, 0.2) is 0 Å². The average Bonchev–Trinajstić information content (AvgIpc) is 2.17. The quantitative estimate of drug-likeness (QED) is 0.440. The fraction of sp³-hybridized carbons (Fsp3) is 0.429. The van der Waals surface area contributed by atoms with Gasteiger partial charge in [-0.1, -0.05) is 0 Å². The second-order valence-corrected chi connectivity index (χ2v) is 2.58. The van der Waals surface area contributed by atoms with Crippen molar-refractivity contribution in [3.05, 3.63) is 28.4 Å². The van der Waals surface area contributed by atoms with Crippen molar-refractivity contribution >= 4 is 0 Å². The molecule has 0 aliphatic carbocycles. The normalized spacial score (nSPS) is 15.3. The summed E-state index contributed by atoms with van der Waals surface area (Å²) in [7, 11) is 0. The van der Waals surface area contributed by atoms with Crippen LogP contribution in [0.3, 0.4) is 0 Å². The van der Waals surface area contributed by atoms with Crippen LogP contribution in [0.2, 0.25) is 0 Å². The van der Waals surface area contributed by atoms with Gasteiger partial charge in [0, 0.05) is 12.7 Å². The Balaban J connectivity index is 2.83. The van der Waals surface area contributed by atoms with E-state index in [-0.39, 0.29) is 17.8 Å². The highest BCUT2D eigenvalue weighted by molar-refractivity contribution is 5.01. The summed E-state index contributed by atoms with van der Waals surface area (Å²) in [6, 6.07) is 0. The van der Waals surface area contributed by atoms with Crippen LogP contribution in [-0.4, -0.2) is 32.8 Å². The van der Waals surface area contributed by atoms with Gasteiger partial charge >= 0.3 is 0 Å². The molecule has 0 saturated carbocycles. The van der Waals surface area contributed by atoms with E-state index in [1.165, 1.54) is 6.20 Å². The van der Waals surface area contributed by atoms with Crippen LogP contribution < -0.4 is 11.3 Å². The molecule has 0 aliphatic heterocycles. The molecule has 1 aromatic heterocycles. The Bertz CT molecular complexity index is 305. The third-order valence-electron chi connectivity index (χ3n) is 1.60. The van der Waals surface area contributed by atoms with Crippen molar-refractivity contribution in [3.63, 3.8) is 0 Å². The van der Waals surface area contributed by atoms with Crippen molar-refractivity contribution < 1.29 is 10.2 Å². The number of hydrogen-bond donors (Lipinski definition) is 4. The minimum Gasteiger partial charge on any atom is -0.389 e. The first-order valence-corrected chi connectivity index (χ1v) is 3.76. The molecule has 0 amide bonds. The van der Waals surface area contributed by atoms with Crippen molar-refractivity contribution in [3.8, 4) is 0 Å². The monoisotopic (exact) mass is 185 g/mol. The summed E-state index contributed by atoms with van der Waals surface area (Å²) >= 11 is 0. The second kappa shape index (κ2) is 4.13. The number of hydrogen-bond acceptors (Lipinski definition) is 5. The maximum absolute atomic E-state index is 10.6. The van der Waals surface area contributed by atoms with Crippen LogP contribution in [0, 0.1) is 0 Å². The lowest BCUT2D eigenvalue weighted by atomic mass is 10.1. The van der Waals surface area contributed by atoms with Gasteiger partial charge in [0.1, 0.15) is 6.10 Å². The van der Waals surface area contributed by atoms with Crippen LogP contribution >= 0.6 is 0 Å². The molecule has 72 valence electrons. The van der Waals surface area contributed by atoms with Crippen LogP contribution in [-0.2, 0) is 0 Å². The van der Waals surface area contributed by atoms with E-state index in [9.17, 15) is 9.90 Å². The Hall–Kier alpha value is -1.24. The topological polar surface area (TPSA) is 112 Å². The molecule has 0 spiro atoms. The fourth-order valence-electron chi connectivity index (χ4n) is 0.841. The Morgan fingerprint density at radius 2 is 2.31 bits per heavy atom. The molecule has 1 heterocycles. The molecule has 0 radical (unpaired) electrons. The highest BCUT2D eigenvalue weighted by Gasteiger charge is 2.17. The van der Waals surface area contributed by atoms with Gasteiger partial charge in [-0.2, -0.15) is 0 Å². The average molecular weight is 185 g/mol. The fourth-order valence-corrected chi connectivity index (χ4v) is 0.841. The summed E-state index contributed by atoms with van der Waals surface area (Å²) in [5, 5.41) is 18.5. The van der Waals surface area contributed by atoms with Crippen LogP contribution in [0.5, 0.6) is 0 Å². The molecule has 1 rings (SSSR count). The first-order chi connectivity index (χ1) is 6.15.